The maximum Gasteiger partial charge on any atom is 0.328 e. The molecule has 108 valence electrons. The first-order valence-corrected chi connectivity index (χ1v) is 7.12. The van der Waals surface area contributed by atoms with E-state index in [0.29, 0.717) is 18.1 Å². The normalized spacial score (nSPS) is 18.6. The van der Waals surface area contributed by atoms with Crippen LogP contribution < -0.4 is 10.6 Å². The average Bonchev–Trinajstić information content (AvgIpc) is 2.74. The Balaban J connectivity index is 1.93. The third-order valence-electron chi connectivity index (χ3n) is 3.25. The molecule has 0 aliphatic carbocycles. The molecular weight excluding hydrogens is 272 g/mol. The van der Waals surface area contributed by atoms with Gasteiger partial charge in [0.15, 0.2) is 5.11 Å². The van der Waals surface area contributed by atoms with Crippen LogP contribution in [0.3, 0.4) is 0 Å². The zero-order chi connectivity index (χ0) is 14.8. The van der Waals surface area contributed by atoms with Gasteiger partial charge >= 0.3 is 5.97 Å². The second-order valence-electron chi connectivity index (χ2n) is 5.93. The quantitative estimate of drug-likeness (QED) is 0.648. The summed E-state index contributed by atoms with van der Waals surface area (Å²) in [6.45, 7) is 6.98. The van der Waals surface area contributed by atoms with Crippen molar-refractivity contribution in [2.24, 2.45) is 0 Å². The third kappa shape index (κ3) is 3.70. The number of carbonyl (C=O) groups is 1. The van der Waals surface area contributed by atoms with Gasteiger partial charge in [0.25, 0.3) is 0 Å². The van der Waals surface area contributed by atoms with Crippen molar-refractivity contribution >= 4 is 29.0 Å². The fraction of sp³-hybridized carbons (Fsp3) is 0.467. The van der Waals surface area contributed by atoms with E-state index in [0.717, 1.165) is 5.69 Å². The molecule has 1 aliphatic rings. The maximum absolute atomic E-state index is 11.3. The largest absolute Gasteiger partial charge is 0.464 e. The van der Waals surface area contributed by atoms with E-state index in [1.54, 1.807) is 0 Å². The van der Waals surface area contributed by atoms with E-state index in [4.69, 9.17) is 17.0 Å². The second-order valence-corrected chi connectivity index (χ2v) is 6.34. The minimum absolute atomic E-state index is 0.130. The van der Waals surface area contributed by atoms with Crippen molar-refractivity contribution in [1.29, 1.82) is 0 Å². The van der Waals surface area contributed by atoms with Gasteiger partial charge in [0.1, 0.15) is 6.04 Å². The van der Waals surface area contributed by atoms with Crippen molar-refractivity contribution in [2.75, 3.05) is 11.9 Å². The number of esters is 1. The number of rotatable bonds is 2. The number of cyclic esters (lactones) is 1. The maximum atomic E-state index is 11.3. The van der Waals surface area contributed by atoms with Crippen LogP contribution in [0.25, 0.3) is 0 Å². The van der Waals surface area contributed by atoms with Crippen LogP contribution in [0.5, 0.6) is 0 Å². The van der Waals surface area contributed by atoms with Gasteiger partial charge in [-0.3, -0.25) is 0 Å². The number of hydrogen-bond donors (Lipinski definition) is 2. The first kappa shape index (κ1) is 14.8. The number of carbonyl (C=O) groups excluding carboxylic acids is 1. The van der Waals surface area contributed by atoms with E-state index in [9.17, 15) is 4.79 Å². The van der Waals surface area contributed by atoms with Crippen molar-refractivity contribution in [3.8, 4) is 0 Å². The molecular formula is C15H20N2O2S. The Hall–Kier alpha value is -1.62. The van der Waals surface area contributed by atoms with Gasteiger partial charge in [0, 0.05) is 12.1 Å². The molecule has 0 bridgehead atoms. The molecule has 1 heterocycles. The van der Waals surface area contributed by atoms with E-state index in [-0.39, 0.29) is 17.4 Å². The average molecular weight is 292 g/mol. The minimum Gasteiger partial charge on any atom is -0.464 e. The van der Waals surface area contributed by atoms with Gasteiger partial charge in [-0.2, -0.15) is 0 Å². The van der Waals surface area contributed by atoms with Crippen LogP contribution in [0.4, 0.5) is 5.69 Å². The summed E-state index contributed by atoms with van der Waals surface area (Å²) < 4.78 is 4.88. The highest BCUT2D eigenvalue weighted by atomic mass is 32.1. The Kier molecular flexibility index (Phi) is 4.28. The zero-order valence-electron chi connectivity index (χ0n) is 12.0. The molecule has 4 nitrogen and oxygen atoms in total. The molecule has 1 atom stereocenters. The SMILES string of the molecule is CC(C)(C)c1ccc(NC(=S)NC2CCOC2=O)cc1. The van der Waals surface area contributed by atoms with Gasteiger partial charge in [-0.25, -0.2) is 4.79 Å². The lowest BCUT2D eigenvalue weighted by Gasteiger charge is -2.19. The first-order chi connectivity index (χ1) is 9.36. The molecule has 1 saturated heterocycles. The molecule has 1 unspecified atom stereocenters. The molecule has 1 aliphatic heterocycles. The molecule has 2 N–H and O–H groups in total. The van der Waals surface area contributed by atoms with Crippen LogP contribution in [-0.4, -0.2) is 23.7 Å². The van der Waals surface area contributed by atoms with Gasteiger partial charge in [-0.05, 0) is 35.3 Å². The molecule has 0 amide bonds. The first-order valence-electron chi connectivity index (χ1n) is 6.71. The van der Waals surface area contributed by atoms with Crippen molar-refractivity contribution in [2.45, 2.75) is 38.6 Å². The Morgan fingerprint density at radius 2 is 1.95 bits per heavy atom. The Bertz CT molecular complexity index is 506. The molecule has 1 fully saturated rings. The molecule has 0 saturated carbocycles. The topological polar surface area (TPSA) is 50.4 Å². The lowest BCUT2D eigenvalue weighted by molar-refractivity contribution is -0.139. The van der Waals surface area contributed by atoms with Crippen LogP contribution in [0, 0.1) is 0 Å². The monoisotopic (exact) mass is 292 g/mol. The summed E-state index contributed by atoms with van der Waals surface area (Å²) in [6.07, 6.45) is 0.656. The fourth-order valence-electron chi connectivity index (χ4n) is 2.01. The summed E-state index contributed by atoms with van der Waals surface area (Å²) in [4.78, 5) is 11.3. The fourth-order valence-corrected chi connectivity index (χ4v) is 2.27. The Labute approximate surface area is 124 Å². The number of thiocarbonyl (C=S) groups is 1. The standard InChI is InChI=1S/C15H20N2O2S/c1-15(2,3)10-4-6-11(7-5-10)16-14(20)17-12-8-9-19-13(12)18/h4-7,12H,8-9H2,1-3H3,(H2,16,17,20). The zero-order valence-corrected chi connectivity index (χ0v) is 12.8. The van der Waals surface area contributed by atoms with Crippen LogP contribution in [0.2, 0.25) is 0 Å². The highest BCUT2D eigenvalue weighted by Gasteiger charge is 2.26. The number of hydrogen-bond acceptors (Lipinski definition) is 3. The number of benzene rings is 1. The summed E-state index contributed by atoms with van der Waals surface area (Å²) in [5.41, 5.74) is 2.30. The van der Waals surface area contributed by atoms with Crippen LogP contribution in [-0.2, 0) is 14.9 Å². The highest BCUT2D eigenvalue weighted by Crippen LogP contribution is 2.23. The van der Waals surface area contributed by atoms with Crippen molar-refractivity contribution in [1.82, 2.24) is 5.32 Å². The molecule has 1 aromatic carbocycles. The minimum atomic E-state index is -0.330. The number of ether oxygens (including phenoxy) is 1. The van der Waals surface area contributed by atoms with Crippen molar-refractivity contribution in [3.05, 3.63) is 29.8 Å². The van der Waals surface area contributed by atoms with E-state index >= 15 is 0 Å². The summed E-state index contributed by atoms with van der Waals surface area (Å²) >= 11 is 5.20. The van der Waals surface area contributed by atoms with Gasteiger partial charge in [0.05, 0.1) is 6.61 Å². The molecule has 0 radical (unpaired) electrons. The summed E-state index contributed by atoms with van der Waals surface area (Å²) in [6, 6.07) is 7.80. The summed E-state index contributed by atoms with van der Waals surface area (Å²) in [7, 11) is 0. The molecule has 20 heavy (non-hydrogen) atoms. The molecule has 5 heteroatoms. The van der Waals surface area contributed by atoms with Crippen molar-refractivity contribution in [3.63, 3.8) is 0 Å². The van der Waals surface area contributed by atoms with E-state index < -0.39 is 0 Å². The van der Waals surface area contributed by atoms with Crippen LogP contribution in [0.15, 0.2) is 24.3 Å². The van der Waals surface area contributed by atoms with E-state index in [1.807, 2.05) is 12.1 Å². The van der Waals surface area contributed by atoms with E-state index in [2.05, 4.69) is 43.5 Å². The smallest absolute Gasteiger partial charge is 0.328 e. The van der Waals surface area contributed by atoms with Gasteiger partial charge in [-0.15, -0.1) is 0 Å². The lowest BCUT2D eigenvalue weighted by atomic mass is 9.87. The lowest BCUT2D eigenvalue weighted by Crippen LogP contribution is -2.40. The van der Waals surface area contributed by atoms with Gasteiger partial charge in [0.2, 0.25) is 0 Å². The number of anilines is 1. The number of nitrogens with one attached hydrogen (secondary N) is 2. The third-order valence-corrected chi connectivity index (χ3v) is 3.47. The summed E-state index contributed by atoms with van der Waals surface area (Å²) in [5.74, 6) is -0.239. The van der Waals surface area contributed by atoms with Gasteiger partial charge < -0.3 is 15.4 Å². The Morgan fingerprint density at radius 3 is 2.45 bits per heavy atom. The highest BCUT2D eigenvalue weighted by molar-refractivity contribution is 7.80. The molecule has 0 spiro atoms. The van der Waals surface area contributed by atoms with Crippen LogP contribution >= 0.6 is 12.2 Å². The Morgan fingerprint density at radius 1 is 1.30 bits per heavy atom. The van der Waals surface area contributed by atoms with Gasteiger partial charge in [-0.1, -0.05) is 32.9 Å². The molecule has 0 aromatic heterocycles. The molecule has 1 aromatic rings. The van der Waals surface area contributed by atoms with Crippen molar-refractivity contribution < 1.29 is 9.53 Å². The predicted molar refractivity (Wildman–Crippen MR) is 83.9 cm³/mol. The second kappa shape index (κ2) is 5.79. The summed E-state index contributed by atoms with van der Waals surface area (Å²) in [5, 5.41) is 6.49. The molecule has 2 rings (SSSR count). The van der Waals surface area contributed by atoms with E-state index in [1.165, 1.54) is 5.56 Å². The van der Waals surface area contributed by atoms with Crippen LogP contribution in [0.1, 0.15) is 32.8 Å². The predicted octanol–water partition coefficient (Wildman–Crippen LogP) is 2.59.